The summed E-state index contributed by atoms with van der Waals surface area (Å²) in [5.74, 6) is 1.58. The molecule has 1 aromatic heterocycles. The molecule has 0 unspecified atom stereocenters. The van der Waals surface area contributed by atoms with E-state index in [-0.39, 0.29) is 0 Å². The van der Waals surface area contributed by atoms with Gasteiger partial charge in [0.2, 0.25) is 5.88 Å². The zero-order valence-corrected chi connectivity index (χ0v) is 9.20. The monoisotopic (exact) mass is 212 g/mol. The summed E-state index contributed by atoms with van der Waals surface area (Å²) in [6, 6.07) is 0. The van der Waals surface area contributed by atoms with Gasteiger partial charge in [-0.25, -0.2) is 4.98 Å². The molecule has 15 heavy (non-hydrogen) atoms. The standard InChI is InChI=1S/C9H16N4O2/c1-6-12-8(11-4-5-14-2)7(10)9(13-6)15-3/h4-5,10H2,1-3H3,(H,11,12,13). The van der Waals surface area contributed by atoms with Crippen molar-refractivity contribution in [2.24, 2.45) is 0 Å². The predicted molar refractivity (Wildman–Crippen MR) is 58.1 cm³/mol. The second-order valence-electron chi connectivity index (χ2n) is 2.96. The topological polar surface area (TPSA) is 82.3 Å². The third-order valence-electron chi connectivity index (χ3n) is 1.81. The molecule has 0 spiro atoms. The van der Waals surface area contributed by atoms with Crippen LogP contribution in [-0.2, 0) is 4.74 Å². The number of nitrogens with two attached hydrogens (primary N) is 1. The van der Waals surface area contributed by atoms with Gasteiger partial charge in [0.1, 0.15) is 11.5 Å². The Kier molecular flexibility index (Phi) is 4.11. The molecule has 0 saturated carbocycles. The molecule has 0 bridgehead atoms. The first-order chi connectivity index (χ1) is 7.19. The van der Waals surface area contributed by atoms with Crippen LogP contribution in [-0.4, -0.2) is 37.3 Å². The number of rotatable bonds is 5. The number of methoxy groups -OCH3 is 2. The lowest BCUT2D eigenvalue weighted by molar-refractivity contribution is 0.210. The van der Waals surface area contributed by atoms with E-state index < -0.39 is 0 Å². The van der Waals surface area contributed by atoms with Crippen LogP contribution in [0, 0.1) is 6.92 Å². The van der Waals surface area contributed by atoms with Gasteiger partial charge < -0.3 is 20.5 Å². The molecule has 6 nitrogen and oxygen atoms in total. The van der Waals surface area contributed by atoms with Gasteiger partial charge in [0.25, 0.3) is 0 Å². The Morgan fingerprint density at radius 3 is 2.67 bits per heavy atom. The fraction of sp³-hybridized carbons (Fsp3) is 0.556. The molecule has 1 heterocycles. The Bertz CT molecular complexity index is 330. The first kappa shape index (κ1) is 11.5. The minimum absolute atomic E-state index is 0.391. The summed E-state index contributed by atoms with van der Waals surface area (Å²) in [6.45, 7) is 3.01. The SMILES string of the molecule is COCCNc1nc(C)nc(OC)c1N. The van der Waals surface area contributed by atoms with E-state index >= 15 is 0 Å². The Balaban J connectivity index is 2.81. The van der Waals surface area contributed by atoms with Crippen LogP contribution in [0.4, 0.5) is 11.5 Å². The minimum atomic E-state index is 0.391. The van der Waals surface area contributed by atoms with Gasteiger partial charge in [-0.3, -0.25) is 0 Å². The van der Waals surface area contributed by atoms with E-state index in [1.54, 1.807) is 14.0 Å². The Labute approximate surface area is 88.8 Å². The molecule has 0 radical (unpaired) electrons. The van der Waals surface area contributed by atoms with Gasteiger partial charge in [0.15, 0.2) is 5.82 Å². The summed E-state index contributed by atoms with van der Waals surface area (Å²) in [5.41, 5.74) is 6.21. The number of anilines is 2. The molecule has 1 rings (SSSR count). The van der Waals surface area contributed by atoms with E-state index in [1.165, 1.54) is 7.11 Å². The first-order valence-electron chi connectivity index (χ1n) is 4.60. The number of hydrogen-bond donors (Lipinski definition) is 2. The maximum absolute atomic E-state index is 5.79. The third kappa shape index (κ3) is 2.95. The van der Waals surface area contributed by atoms with Gasteiger partial charge in [-0.2, -0.15) is 4.98 Å². The predicted octanol–water partition coefficient (Wildman–Crippen LogP) is 0.434. The highest BCUT2D eigenvalue weighted by atomic mass is 16.5. The summed E-state index contributed by atoms with van der Waals surface area (Å²) < 4.78 is 9.94. The smallest absolute Gasteiger partial charge is 0.242 e. The van der Waals surface area contributed by atoms with Gasteiger partial charge in [0.05, 0.1) is 13.7 Å². The molecule has 0 aromatic carbocycles. The number of aromatic nitrogens is 2. The van der Waals surface area contributed by atoms with Crippen molar-refractivity contribution in [2.75, 3.05) is 38.4 Å². The Morgan fingerprint density at radius 1 is 1.33 bits per heavy atom. The molecule has 0 atom stereocenters. The molecule has 0 fully saturated rings. The molecule has 84 valence electrons. The highest BCUT2D eigenvalue weighted by molar-refractivity contribution is 5.66. The van der Waals surface area contributed by atoms with Crippen molar-refractivity contribution < 1.29 is 9.47 Å². The maximum Gasteiger partial charge on any atom is 0.242 e. The molecule has 3 N–H and O–H groups in total. The molecule has 0 aliphatic carbocycles. The molecular formula is C9H16N4O2. The Morgan fingerprint density at radius 2 is 2.07 bits per heavy atom. The zero-order chi connectivity index (χ0) is 11.3. The second kappa shape index (κ2) is 5.35. The van der Waals surface area contributed by atoms with Crippen LogP contribution in [0.25, 0.3) is 0 Å². The number of nitrogen functional groups attached to an aromatic ring is 1. The van der Waals surface area contributed by atoms with E-state index in [1.807, 2.05) is 0 Å². The number of hydrogen-bond acceptors (Lipinski definition) is 6. The lowest BCUT2D eigenvalue weighted by atomic mass is 10.4. The van der Waals surface area contributed by atoms with Crippen LogP contribution >= 0.6 is 0 Å². The molecule has 1 aromatic rings. The van der Waals surface area contributed by atoms with Crippen molar-refractivity contribution in [2.45, 2.75) is 6.92 Å². The summed E-state index contributed by atoms with van der Waals surface area (Å²) >= 11 is 0. The Hall–Kier alpha value is -1.56. The van der Waals surface area contributed by atoms with Crippen molar-refractivity contribution in [3.8, 4) is 5.88 Å². The summed E-state index contributed by atoms with van der Waals surface area (Å²) in [6.07, 6.45) is 0. The average molecular weight is 212 g/mol. The van der Waals surface area contributed by atoms with Crippen LogP contribution in [0.3, 0.4) is 0 Å². The van der Waals surface area contributed by atoms with Crippen LogP contribution < -0.4 is 15.8 Å². The van der Waals surface area contributed by atoms with Gasteiger partial charge in [0, 0.05) is 13.7 Å². The molecule has 0 aliphatic rings. The largest absolute Gasteiger partial charge is 0.479 e. The zero-order valence-electron chi connectivity index (χ0n) is 9.20. The molecule has 0 aliphatic heterocycles. The van der Waals surface area contributed by atoms with E-state index in [4.69, 9.17) is 15.2 Å². The maximum atomic E-state index is 5.79. The van der Waals surface area contributed by atoms with Gasteiger partial charge in [-0.1, -0.05) is 0 Å². The normalized spacial score (nSPS) is 10.1. The highest BCUT2D eigenvalue weighted by Gasteiger charge is 2.09. The minimum Gasteiger partial charge on any atom is -0.479 e. The lowest BCUT2D eigenvalue weighted by Gasteiger charge is -2.11. The van der Waals surface area contributed by atoms with E-state index in [0.717, 1.165) is 0 Å². The molecule has 0 saturated heterocycles. The van der Waals surface area contributed by atoms with Crippen LogP contribution in [0.2, 0.25) is 0 Å². The molecule has 6 heteroatoms. The van der Waals surface area contributed by atoms with Crippen LogP contribution in [0.1, 0.15) is 5.82 Å². The quantitative estimate of drug-likeness (QED) is 0.689. The van der Waals surface area contributed by atoms with Gasteiger partial charge in [-0.15, -0.1) is 0 Å². The average Bonchev–Trinajstić information content (AvgIpc) is 2.23. The molecule has 0 amide bonds. The van der Waals surface area contributed by atoms with Gasteiger partial charge >= 0.3 is 0 Å². The molecular weight excluding hydrogens is 196 g/mol. The van der Waals surface area contributed by atoms with E-state index in [0.29, 0.717) is 36.4 Å². The summed E-state index contributed by atoms with van der Waals surface area (Å²) in [5, 5.41) is 3.05. The lowest BCUT2D eigenvalue weighted by Crippen LogP contribution is -2.12. The highest BCUT2D eigenvalue weighted by Crippen LogP contribution is 2.24. The fourth-order valence-corrected chi connectivity index (χ4v) is 1.12. The van der Waals surface area contributed by atoms with E-state index in [9.17, 15) is 0 Å². The van der Waals surface area contributed by atoms with Crippen molar-refractivity contribution in [1.29, 1.82) is 0 Å². The number of aryl methyl sites for hydroxylation is 1. The number of nitrogens with one attached hydrogen (secondary N) is 1. The van der Waals surface area contributed by atoms with Crippen molar-refractivity contribution in [3.05, 3.63) is 5.82 Å². The van der Waals surface area contributed by atoms with Crippen LogP contribution in [0.5, 0.6) is 5.88 Å². The third-order valence-corrected chi connectivity index (χ3v) is 1.81. The van der Waals surface area contributed by atoms with E-state index in [2.05, 4.69) is 15.3 Å². The van der Waals surface area contributed by atoms with Gasteiger partial charge in [-0.05, 0) is 6.92 Å². The summed E-state index contributed by atoms with van der Waals surface area (Å²) in [4.78, 5) is 8.22. The van der Waals surface area contributed by atoms with Crippen molar-refractivity contribution in [3.63, 3.8) is 0 Å². The van der Waals surface area contributed by atoms with Crippen molar-refractivity contribution >= 4 is 11.5 Å². The summed E-state index contributed by atoms with van der Waals surface area (Å²) in [7, 11) is 3.16. The number of ether oxygens (including phenoxy) is 2. The fourth-order valence-electron chi connectivity index (χ4n) is 1.12. The number of nitrogens with zero attached hydrogens (tertiary/aromatic N) is 2. The second-order valence-corrected chi connectivity index (χ2v) is 2.96. The van der Waals surface area contributed by atoms with Crippen molar-refractivity contribution in [1.82, 2.24) is 9.97 Å². The van der Waals surface area contributed by atoms with Crippen LogP contribution in [0.15, 0.2) is 0 Å². The first-order valence-corrected chi connectivity index (χ1v) is 4.60.